The van der Waals surface area contributed by atoms with Gasteiger partial charge in [0.05, 0.1) is 11.8 Å². The Labute approximate surface area is 119 Å². The van der Waals surface area contributed by atoms with Crippen LogP contribution in [0.15, 0.2) is 15.8 Å². The summed E-state index contributed by atoms with van der Waals surface area (Å²) < 4.78 is 0. The third kappa shape index (κ3) is 3.21. The Hall–Kier alpha value is -2.38. The Morgan fingerprint density at radius 3 is 2.76 bits per heavy atom. The van der Waals surface area contributed by atoms with Gasteiger partial charge in [0.1, 0.15) is 0 Å². The van der Waals surface area contributed by atoms with Crippen LogP contribution in [0.3, 0.4) is 0 Å². The van der Waals surface area contributed by atoms with E-state index in [9.17, 15) is 24.3 Å². The van der Waals surface area contributed by atoms with E-state index in [0.29, 0.717) is 19.4 Å². The Bertz CT molecular complexity index is 677. The number of aromatic amines is 2. The fourth-order valence-electron chi connectivity index (χ4n) is 2.47. The average Bonchev–Trinajstić information content (AvgIpc) is 2.41. The maximum atomic E-state index is 12.2. The maximum Gasteiger partial charge on any atom is 0.325 e. The van der Waals surface area contributed by atoms with Crippen LogP contribution in [0.2, 0.25) is 0 Å². The van der Waals surface area contributed by atoms with E-state index in [1.807, 2.05) is 0 Å². The quantitative estimate of drug-likeness (QED) is 0.681. The zero-order valence-electron chi connectivity index (χ0n) is 11.6. The summed E-state index contributed by atoms with van der Waals surface area (Å²) in [5.41, 5.74) is -2.04. The van der Waals surface area contributed by atoms with Gasteiger partial charge < -0.3 is 15.0 Å². The number of H-pyrrole nitrogens is 2. The monoisotopic (exact) mass is 295 g/mol. The summed E-state index contributed by atoms with van der Waals surface area (Å²) in [5, 5.41) is 9.23. The second-order valence-corrected chi connectivity index (χ2v) is 5.56. The highest BCUT2D eigenvalue weighted by Gasteiger charge is 2.39. The number of piperidine rings is 1. The van der Waals surface area contributed by atoms with Crippen LogP contribution in [0.25, 0.3) is 0 Å². The molecule has 1 atom stereocenters. The summed E-state index contributed by atoms with van der Waals surface area (Å²) >= 11 is 0. The fraction of sp³-hybridized carbons (Fsp3) is 0.538. The zero-order valence-corrected chi connectivity index (χ0v) is 11.6. The van der Waals surface area contributed by atoms with Crippen molar-refractivity contribution in [2.45, 2.75) is 26.2 Å². The number of nitrogens with zero attached hydrogens (tertiary/aromatic N) is 1. The Kier molecular flexibility index (Phi) is 3.97. The molecule has 1 amide bonds. The van der Waals surface area contributed by atoms with E-state index in [1.54, 1.807) is 6.92 Å². The number of hydrogen-bond donors (Lipinski definition) is 3. The molecule has 0 saturated carbocycles. The molecule has 21 heavy (non-hydrogen) atoms. The van der Waals surface area contributed by atoms with Crippen molar-refractivity contribution in [1.82, 2.24) is 14.9 Å². The minimum absolute atomic E-state index is 0.127. The predicted octanol–water partition coefficient (Wildman–Crippen LogP) is -0.681. The summed E-state index contributed by atoms with van der Waals surface area (Å²) in [6.07, 6.45) is 2.17. The van der Waals surface area contributed by atoms with Crippen molar-refractivity contribution in [2.75, 3.05) is 13.1 Å². The van der Waals surface area contributed by atoms with Crippen LogP contribution in [0.4, 0.5) is 0 Å². The molecular weight excluding hydrogens is 278 g/mol. The molecule has 0 spiro atoms. The first-order valence-corrected chi connectivity index (χ1v) is 6.64. The van der Waals surface area contributed by atoms with Crippen molar-refractivity contribution in [1.29, 1.82) is 0 Å². The molecule has 1 aliphatic heterocycles. The standard InChI is InChI=1S/C13H17N3O5/c1-13(11(19)20)3-2-4-16(7-13)9(17)5-8-6-14-12(21)15-10(8)18/h6H,2-5,7H2,1H3,(H,19,20)(H2,14,15,18,21)/t13-/m0/s1. The molecule has 114 valence electrons. The topological polar surface area (TPSA) is 123 Å². The molecule has 2 rings (SSSR count). The van der Waals surface area contributed by atoms with Crippen LogP contribution in [0, 0.1) is 5.41 Å². The summed E-state index contributed by atoms with van der Waals surface area (Å²) in [6.45, 7) is 2.22. The first kappa shape index (κ1) is 15.0. The van der Waals surface area contributed by atoms with Gasteiger partial charge in [0.2, 0.25) is 5.91 Å². The lowest BCUT2D eigenvalue weighted by atomic mass is 9.82. The van der Waals surface area contributed by atoms with E-state index in [0.717, 1.165) is 0 Å². The molecule has 8 heteroatoms. The highest BCUT2D eigenvalue weighted by atomic mass is 16.4. The summed E-state index contributed by atoms with van der Waals surface area (Å²) in [6, 6.07) is 0. The number of aromatic nitrogens is 2. The van der Waals surface area contributed by atoms with Gasteiger partial charge in [-0.3, -0.25) is 19.4 Å². The lowest BCUT2D eigenvalue weighted by Crippen LogP contribution is -2.49. The van der Waals surface area contributed by atoms with E-state index >= 15 is 0 Å². The lowest BCUT2D eigenvalue weighted by molar-refractivity contribution is -0.153. The fourth-order valence-corrected chi connectivity index (χ4v) is 2.47. The molecule has 3 N–H and O–H groups in total. The molecule has 2 heterocycles. The van der Waals surface area contributed by atoms with Gasteiger partial charge in [-0.25, -0.2) is 4.79 Å². The van der Waals surface area contributed by atoms with Crippen LogP contribution in [-0.4, -0.2) is 44.9 Å². The minimum atomic E-state index is -0.953. The molecule has 1 aromatic rings. The Morgan fingerprint density at radius 1 is 1.43 bits per heavy atom. The molecule has 8 nitrogen and oxygen atoms in total. The Balaban J connectivity index is 2.11. The van der Waals surface area contributed by atoms with E-state index in [4.69, 9.17) is 0 Å². The number of amides is 1. The SMILES string of the molecule is C[C@]1(C(=O)O)CCCN(C(=O)Cc2c[nH]c(=O)[nH]c2=O)C1. The van der Waals surface area contributed by atoms with Crippen molar-refractivity contribution in [3.05, 3.63) is 32.6 Å². The van der Waals surface area contributed by atoms with Crippen LogP contribution in [-0.2, 0) is 16.0 Å². The number of carbonyl (C=O) groups excluding carboxylic acids is 1. The van der Waals surface area contributed by atoms with Gasteiger partial charge >= 0.3 is 11.7 Å². The van der Waals surface area contributed by atoms with Gasteiger partial charge in [-0.1, -0.05) is 0 Å². The summed E-state index contributed by atoms with van der Waals surface area (Å²) in [4.78, 5) is 51.8. The molecule has 1 aromatic heterocycles. The highest BCUT2D eigenvalue weighted by molar-refractivity contribution is 5.81. The molecule has 1 saturated heterocycles. The summed E-state index contributed by atoms with van der Waals surface area (Å²) in [7, 11) is 0. The smallest absolute Gasteiger partial charge is 0.325 e. The van der Waals surface area contributed by atoms with Crippen molar-refractivity contribution in [3.63, 3.8) is 0 Å². The van der Waals surface area contributed by atoms with Gasteiger partial charge in [-0.2, -0.15) is 0 Å². The van der Waals surface area contributed by atoms with Crippen molar-refractivity contribution in [3.8, 4) is 0 Å². The highest BCUT2D eigenvalue weighted by Crippen LogP contribution is 2.29. The largest absolute Gasteiger partial charge is 0.481 e. The third-order valence-corrected chi connectivity index (χ3v) is 3.80. The number of hydrogen-bond acceptors (Lipinski definition) is 4. The van der Waals surface area contributed by atoms with Crippen LogP contribution < -0.4 is 11.2 Å². The minimum Gasteiger partial charge on any atom is -0.481 e. The third-order valence-electron chi connectivity index (χ3n) is 3.80. The van der Waals surface area contributed by atoms with E-state index in [1.165, 1.54) is 11.1 Å². The Morgan fingerprint density at radius 2 is 2.14 bits per heavy atom. The van der Waals surface area contributed by atoms with Crippen LogP contribution in [0.1, 0.15) is 25.3 Å². The second kappa shape index (κ2) is 5.55. The predicted molar refractivity (Wildman–Crippen MR) is 72.9 cm³/mol. The van der Waals surface area contributed by atoms with Gasteiger partial charge in [0, 0.05) is 24.8 Å². The number of carbonyl (C=O) groups is 2. The molecule has 1 aliphatic rings. The van der Waals surface area contributed by atoms with Crippen LogP contribution in [0.5, 0.6) is 0 Å². The van der Waals surface area contributed by atoms with Gasteiger partial charge in [-0.15, -0.1) is 0 Å². The van der Waals surface area contributed by atoms with E-state index in [2.05, 4.69) is 9.97 Å². The van der Waals surface area contributed by atoms with Gasteiger partial charge in [0.15, 0.2) is 0 Å². The normalized spacial score (nSPS) is 22.0. The van der Waals surface area contributed by atoms with Gasteiger partial charge in [-0.05, 0) is 19.8 Å². The number of aliphatic carboxylic acids is 1. The van der Waals surface area contributed by atoms with E-state index in [-0.39, 0.29) is 24.4 Å². The number of carboxylic acids is 1. The molecule has 0 unspecified atom stereocenters. The zero-order chi connectivity index (χ0) is 15.6. The molecular formula is C13H17N3O5. The van der Waals surface area contributed by atoms with E-state index < -0.39 is 22.6 Å². The summed E-state index contributed by atoms with van der Waals surface area (Å²) in [5.74, 6) is -1.25. The maximum absolute atomic E-state index is 12.2. The van der Waals surface area contributed by atoms with Crippen molar-refractivity contribution < 1.29 is 14.7 Å². The molecule has 0 radical (unpaired) electrons. The molecule has 0 bridgehead atoms. The number of nitrogens with one attached hydrogen (secondary N) is 2. The van der Waals surface area contributed by atoms with Crippen LogP contribution >= 0.6 is 0 Å². The molecule has 0 aliphatic carbocycles. The number of likely N-dealkylation sites (tertiary alicyclic amines) is 1. The average molecular weight is 295 g/mol. The van der Waals surface area contributed by atoms with Gasteiger partial charge in [0.25, 0.3) is 5.56 Å². The number of rotatable bonds is 3. The first-order valence-electron chi connectivity index (χ1n) is 6.64. The van der Waals surface area contributed by atoms with Crippen molar-refractivity contribution >= 4 is 11.9 Å². The molecule has 0 aromatic carbocycles. The first-order chi connectivity index (χ1) is 9.82. The second-order valence-electron chi connectivity index (χ2n) is 5.56. The van der Waals surface area contributed by atoms with Crippen molar-refractivity contribution in [2.24, 2.45) is 5.41 Å². The number of carboxylic acid groups (broad SMARTS) is 1. The lowest BCUT2D eigenvalue weighted by Gasteiger charge is -2.37. The molecule has 1 fully saturated rings.